The van der Waals surface area contributed by atoms with E-state index in [2.05, 4.69) is 48.5 Å². The smallest absolute Gasteiger partial charge is 0.123 e. The lowest BCUT2D eigenvalue weighted by Crippen LogP contribution is -2.09. The zero-order chi connectivity index (χ0) is 14.9. The fraction of sp³-hybridized carbons (Fsp3) is 0.200. The van der Waals surface area contributed by atoms with Crippen molar-refractivity contribution in [3.63, 3.8) is 0 Å². The second-order valence-corrected chi connectivity index (χ2v) is 5.63. The van der Waals surface area contributed by atoms with E-state index in [9.17, 15) is 0 Å². The van der Waals surface area contributed by atoms with Crippen LogP contribution in [0.25, 0.3) is 21.9 Å². The molecule has 1 aliphatic rings. The maximum absolute atomic E-state index is 5.93. The van der Waals surface area contributed by atoms with Gasteiger partial charge in [-0.05, 0) is 52.9 Å². The van der Waals surface area contributed by atoms with Gasteiger partial charge in [-0.25, -0.2) is 0 Å². The summed E-state index contributed by atoms with van der Waals surface area (Å²) in [6.45, 7) is 0.802. The number of fused-ring (bicyclic) bond motifs is 2. The van der Waals surface area contributed by atoms with Gasteiger partial charge in [-0.1, -0.05) is 36.4 Å². The molecule has 1 aliphatic heterocycles. The standard InChI is InChI=1S/C20H18O2/c1-21-16-9-10-17-15(12-16)13-19-18(8-5-11-22-19)20(17)14-6-3-2-4-7-14/h2-4,6-7,9-10,12-13H,5,8,11H2,1H3. The number of hydrogen-bond donors (Lipinski definition) is 0. The van der Waals surface area contributed by atoms with Crippen molar-refractivity contribution in [2.75, 3.05) is 13.7 Å². The summed E-state index contributed by atoms with van der Waals surface area (Å²) in [5.41, 5.74) is 3.88. The Morgan fingerprint density at radius 3 is 2.68 bits per heavy atom. The Morgan fingerprint density at radius 1 is 1.00 bits per heavy atom. The zero-order valence-corrected chi connectivity index (χ0v) is 12.6. The summed E-state index contributed by atoms with van der Waals surface area (Å²) in [5.74, 6) is 1.90. The zero-order valence-electron chi connectivity index (χ0n) is 12.6. The van der Waals surface area contributed by atoms with Crippen molar-refractivity contribution in [1.82, 2.24) is 0 Å². The van der Waals surface area contributed by atoms with Gasteiger partial charge in [0.05, 0.1) is 13.7 Å². The first-order valence-corrected chi connectivity index (χ1v) is 7.68. The molecule has 1 heterocycles. The largest absolute Gasteiger partial charge is 0.497 e. The monoisotopic (exact) mass is 290 g/mol. The molecule has 110 valence electrons. The molecule has 4 rings (SSSR count). The highest BCUT2D eigenvalue weighted by Gasteiger charge is 2.19. The number of ether oxygens (including phenoxy) is 2. The van der Waals surface area contributed by atoms with Crippen LogP contribution in [0.2, 0.25) is 0 Å². The van der Waals surface area contributed by atoms with Gasteiger partial charge in [-0.15, -0.1) is 0 Å². The van der Waals surface area contributed by atoms with E-state index < -0.39 is 0 Å². The molecule has 2 heteroatoms. The van der Waals surface area contributed by atoms with Gasteiger partial charge in [0.2, 0.25) is 0 Å². The first-order chi connectivity index (χ1) is 10.9. The molecule has 0 atom stereocenters. The normalized spacial score (nSPS) is 13.5. The fourth-order valence-electron chi connectivity index (χ4n) is 3.27. The van der Waals surface area contributed by atoms with Crippen molar-refractivity contribution in [3.05, 3.63) is 60.2 Å². The van der Waals surface area contributed by atoms with Crippen LogP contribution in [-0.4, -0.2) is 13.7 Å². The van der Waals surface area contributed by atoms with Crippen LogP contribution in [0.5, 0.6) is 11.5 Å². The third-order valence-electron chi connectivity index (χ3n) is 4.31. The lowest BCUT2D eigenvalue weighted by molar-refractivity contribution is 0.289. The molecule has 0 bridgehead atoms. The van der Waals surface area contributed by atoms with E-state index in [0.29, 0.717) is 0 Å². The molecule has 0 unspecified atom stereocenters. The van der Waals surface area contributed by atoms with E-state index >= 15 is 0 Å². The van der Waals surface area contributed by atoms with Crippen LogP contribution in [0.3, 0.4) is 0 Å². The second-order valence-electron chi connectivity index (χ2n) is 5.63. The van der Waals surface area contributed by atoms with Gasteiger partial charge in [-0.2, -0.15) is 0 Å². The molecule has 3 aromatic rings. The lowest BCUT2D eigenvalue weighted by atomic mass is 9.89. The van der Waals surface area contributed by atoms with Gasteiger partial charge in [0.25, 0.3) is 0 Å². The van der Waals surface area contributed by atoms with Gasteiger partial charge < -0.3 is 9.47 Å². The van der Waals surface area contributed by atoms with Crippen LogP contribution in [0.1, 0.15) is 12.0 Å². The summed E-state index contributed by atoms with van der Waals surface area (Å²) in [6, 6.07) is 19.0. The van der Waals surface area contributed by atoms with E-state index in [1.807, 2.05) is 6.07 Å². The number of benzene rings is 3. The SMILES string of the molecule is COc1ccc2c(-c3ccccc3)c3c(cc2c1)OCCC3. The Bertz CT molecular complexity index is 822. The highest BCUT2D eigenvalue weighted by atomic mass is 16.5. The molecule has 2 nitrogen and oxygen atoms in total. The minimum atomic E-state index is 0.802. The summed E-state index contributed by atoms with van der Waals surface area (Å²) in [7, 11) is 1.70. The summed E-state index contributed by atoms with van der Waals surface area (Å²) in [4.78, 5) is 0. The molecule has 0 aliphatic carbocycles. The van der Waals surface area contributed by atoms with Gasteiger partial charge >= 0.3 is 0 Å². The molecule has 0 aromatic heterocycles. The van der Waals surface area contributed by atoms with Crippen LogP contribution in [-0.2, 0) is 6.42 Å². The second kappa shape index (κ2) is 5.38. The van der Waals surface area contributed by atoms with Crippen LogP contribution in [0.15, 0.2) is 54.6 Å². The van der Waals surface area contributed by atoms with Crippen molar-refractivity contribution in [1.29, 1.82) is 0 Å². The van der Waals surface area contributed by atoms with Gasteiger partial charge in [0.15, 0.2) is 0 Å². The van der Waals surface area contributed by atoms with E-state index in [4.69, 9.17) is 9.47 Å². The Kier molecular flexibility index (Phi) is 3.23. The fourth-order valence-corrected chi connectivity index (χ4v) is 3.27. The molecule has 0 N–H and O–H groups in total. The first-order valence-electron chi connectivity index (χ1n) is 7.68. The Morgan fingerprint density at radius 2 is 1.86 bits per heavy atom. The van der Waals surface area contributed by atoms with E-state index in [1.165, 1.54) is 27.5 Å². The minimum Gasteiger partial charge on any atom is -0.497 e. The Labute approximate surface area is 130 Å². The highest BCUT2D eigenvalue weighted by Crippen LogP contribution is 2.41. The van der Waals surface area contributed by atoms with Crippen molar-refractivity contribution < 1.29 is 9.47 Å². The van der Waals surface area contributed by atoms with E-state index in [0.717, 1.165) is 30.9 Å². The van der Waals surface area contributed by atoms with Crippen molar-refractivity contribution in [2.45, 2.75) is 12.8 Å². The summed E-state index contributed by atoms with van der Waals surface area (Å²) < 4.78 is 11.3. The summed E-state index contributed by atoms with van der Waals surface area (Å²) in [5, 5.41) is 2.43. The summed E-state index contributed by atoms with van der Waals surface area (Å²) >= 11 is 0. The molecule has 0 amide bonds. The average Bonchev–Trinajstić information content (AvgIpc) is 2.59. The van der Waals surface area contributed by atoms with Crippen molar-refractivity contribution in [3.8, 4) is 22.6 Å². The minimum absolute atomic E-state index is 0.802. The predicted molar refractivity (Wildman–Crippen MR) is 89.8 cm³/mol. The number of methoxy groups -OCH3 is 1. The number of hydrogen-bond acceptors (Lipinski definition) is 2. The summed E-state index contributed by atoms with van der Waals surface area (Å²) in [6.07, 6.45) is 2.15. The maximum Gasteiger partial charge on any atom is 0.123 e. The van der Waals surface area contributed by atoms with E-state index in [-0.39, 0.29) is 0 Å². The molecular formula is C20H18O2. The molecule has 0 spiro atoms. The van der Waals surface area contributed by atoms with Crippen molar-refractivity contribution in [2.24, 2.45) is 0 Å². The number of rotatable bonds is 2. The Hall–Kier alpha value is -2.48. The third-order valence-corrected chi connectivity index (χ3v) is 4.31. The average molecular weight is 290 g/mol. The Balaban J connectivity index is 2.06. The highest BCUT2D eigenvalue weighted by molar-refractivity contribution is 6.00. The van der Waals surface area contributed by atoms with Crippen LogP contribution in [0.4, 0.5) is 0 Å². The predicted octanol–water partition coefficient (Wildman–Crippen LogP) is 4.84. The van der Waals surface area contributed by atoms with Gasteiger partial charge in [0, 0.05) is 5.56 Å². The third kappa shape index (κ3) is 2.12. The van der Waals surface area contributed by atoms with Gasteiger partial charge in [-0.3, -0.25) is 0 Å². The lowest BCUT2D eigenvalue weighted by Gasteiger charge is -2.22. The van der Waals surface area contributed by atoms with E-state index in [1.54, 1.807) is 7.11 Å². The quantitative estimate of drug-likeness (QED) is 0.672. The molecule has 0 fully saturated rings. The molecular weight excluding hydrogens is 272 g/mol. The van der Waals surface area contributed by atoms with Crippen molar-refractivity contribution >= 4 is 10.8 Å². The molecule has 3 aromatic carbocycles. The maximum atomic E-state index is 5.93. The molecule has 22 heavy (non-hydrogen) atoms. The topological polar surface area (TPSA) is 18.5 Å². The molecule has 0 saturated heterocycles. The first kappa shape index (κ1) is 13.2. The van der Waals surface area contributed by atoms with Crippen LogP contribution >= 0.6 is 0 Å². The van der Waals surface area contributed by atoms with Gasteiger partial charge in [0.1, 0.15) is 11.5 Å². The molecule has 0 saturated carbocycles. The van der Waals surface area contributed by atoms with Crippen LogP contribution in [0, 0.1) is 0 Å². The van der Waals surface area contributed by atoms with Crippen LogP contribution < -0.4 is 9.47 Å². The molecule has 0 radical (unpaired) electrons.